The highest BCUT2D eigenvalue weighted by molar-refractivity contribution is 5.89. The maximum atomic E-state index is 11.9. The first-order valence-corrected chi connectivity index (χ1v) is 5.89. The van der Waals surface area contributed by atoms with E-state index in [0.717, 1.165) is 12.8 Å². The minimum atomic E-state index is -1.10. The molecule has 1 atom stereocenters. The van der Waals surface area contributed by atoms with Crippen molar-refractivity contribution in [3.8, 4) is 0 Å². The minimum Gasteiger partial charge on any atom is -0.480 e. The second kappa shape index (κ2) is 5.01. The molecular formula is C11H17NO5. The van der Waals surface area contributed by atoms with Gasteiger partial charge in [0.1, 0.15) is 5.54 Å². The second-order valence-electron chi connectivity index (χ2n) is 4.52. The molecule has 1 amide bonds. The molecule has 1 heterocycles. The normalized spacial score (nSPS) is 27.6. The highest BCUT2D eigenvalue weighted by atomic mass is 16.6. The molecule has 2 fully saturated rings. The average Bonchev–Trinajstić information content (AvgIpc) is 2.80. The minimum absolute atomic E-state index is 0.196. The SMILES string of the molecule is O=C(NC1(C(=O)O)CCCC1)[C@H]1COCCO1. The Hall–Kier alpha value is -1.14. The van der Waals surface area contributed by atoms with Crippen molar-refractivity contribution in [3.05, 3.63) is 0 Å². The van der Waals surface area contributed by atoms with Crippen LogP contribution in [0.2, 0.25) is 0 Å². The third-order valence-electron chi connectivity index (χ3n) is 3.34. The van der Waals surface area contributed by atoms with Crippen LogP contribution in [0, 0.1) is 0 Å². The number of rotatable bonds is 3. The van der Waals surface area contributed by atoms with E-state index in [9.17, 15) is 14.7 Å². The molecule has 0 unspecified atom stereocenters. The van der Waals surface area contributed by atoms with Crippen molar-refractivity contribution < 1.29 is 24.2 Å². The van der Waals surface area contributed by atoms with Crippen molar-refractivity contribution in [2.75, 3.05) is 19.8 Å². The van der Waals surface area contributed by atoms with Gasteiger partial charge in [-0.1, -0.05) is 12.8 Å². The molecule has 0 aromatic heterocycles. The number of amides is 1. The Morgan fingerprint density at radius 3 is 2.47 bits per heavy atom. The maximum Gasteiger partial charge on any atom is 0.329 e. The summed E-state index contributed by atoms with van der Waals surface area (Å²) in [6, 6.07) is 0. The molecule has 2 aliphatic rings. The molecular weight excluding hydrogens is 226 g/mol. The summed E-state index contributed by atoms with van der Waals surface area (Å²) in [6.07, 6.45) is 1.95. The first-order chi connectivity index (χ1) is 8.14. The van der Waals surface area contributed by atoms with Gasteiger partial charge in [0.25, 0.3) is 5.91 Å². The lowest BCUT2D eigenvalue weighted by atomic mass is 9.97. The van der Waals surface area contributed by atoms with Gasteiger partial charge in [-0.25, -0.2) is 4.79 Å². The summed E-state index contributed by atoms with van der Waals surface area (Å²) in [5.41, 5.74) is -1.10. The van der Waals surface area contributed by atoms with E-state index in [1.165, 1.54) is 0 Å². The molecule has 0 radical (unpaired) electrons. The number of ether oxygens (including phenoxy) is 2. The van der Waals surface area contributed by atoms with Crippen LogP contribution in [-0.4, -0.2) is 48.4 Å². The first-order valence-electron chi connectivity index (χ1n) is 5.89. The number of hydrogen-bond donors (Lipinski definition) is 2. The van der Waals surface area contributed by atoms with Gasteiger partial charge in [-0.3, -0.25) is 4.79 Å². The van der Waals surface area contributed by atoms with Gasteiger partial charge in [0.05, 0.1) is 19.8 Å². The lowest BCUT2D eigenvalue weighted by molar-refractivity contribution is -0.156. The first kappa shape index (κ1) is 12.3. The fraction of sp³-hybridized carbons (Fsp3) is 0.818. The zero-order chi connectivity index (χ0) is 12.3. The van der Waals surface area contributed by atoms with Crippen LogP contribution in [0.3, 0.4) is 0 Å². The Bertz CT molecular complexity index is 305. The largest absolute Gasteiger partial charge is 0.480 e. The van der Waals surface area contributed by atoms with Gasteiger partial charge in [-0.05, 0) is 12.8 Å². The third kappa shape index (κ3) is 2.58. The summed E-state index contributed by atoms with van der Waals surface area (Å²) in [7, 11) is 0. The highest BCUT2D eigenvalue weighted by Crippen LogP contribution is 2.30. The molecule has 2 N–H and O–H groups in total. The van der Waals surface area contributed by atoms with Gasteiger partial charge in [0, 0.05) is 0 Å². The average molecular weight is 243 g/mol. The molecule has 0 aromatic rings. The lowest BCUT2D eigenvalue weighted by Gasteiger charge is -2.29. The van der Waals surface area contributed by atoms with Crippen molar-refractivity contribution in [1.29, 1.82) is 0 Å². The molecule has 17 heavy (non-hydrogen) atoms. The summed E-state index contributed by atoms with van der Waals surface area (Å²) in [4.78, 5) is 23.1. The van der Waals surface area contributed by atoms with Crippen LogP contribution >= 0.6 is 0 Å². The smallest absolute Gasteiger partial charge is 0.329 e. The molecule has 2 rings (SSSR count). The van der Waals surface area contributed by atoms with Crippen LogP contribution < -0.4 is 5.32 Å². The van der Waals surface area contributed by atoms with Crippen molar-refractivity contribution in [1.82, 2.24) is 5.32 Å². The van der Waals surface area contributed by atoms with Crippen molar-refractivity contribution in [2.24, 2.45) is 0 Å². The molecule has 0 spiro atoms. The monoisotopic (exact) mass is 243 g/mol. The van der Waals surface area contributed by atoms with Crippen molar-refractivity contribution >= 4 is 11.9 Å². The molecule has 0 aromatic carbocycles. The number of carboxylic acids is 1. The van der Waals surface area contributed by atoms with Crippen molar-refractivity contribution in [3.63, 3.8) is 0 Å². The van der Waals surface area contributed by atoms with Gasteiger partial charge in [0.2, 0.25) is 0 Å². The Kier molecular flexibility index (Phi) is 3.63. The van der Waals surface area contributed by atoms with Gasteiger partial charge in [-0.2, -0.15) is 0 Å². The van der Waals surface area contributed by atoms with Crippen LogP contribution in [0.4, 0.5) is 0 Å². The molecule has 1 saturated heterocycles. The predicted molar refractivity (Wildman–Crippen MR) is 57.5 cm³/mol. The van der Waals surface area contributed by atoms with Gasteiger partial charge in [0.15, 0.2) is 6.10 Å². The second-order valence-corrected chi connectivity index (χ2v) is 4.52. The number of carboxylic acid groups (broad SMARTS) is 1. The number of aliphatic carboxylic acids is 1. The lowest BCUT2D eigenvalue weighted by Crippen LogP contribution is -2.56. The summed E-state index contributed by atoms with van der Waals surface area (Å²) in [6.45, 7) is 1.05. The Morgan fingerprint density at radius 1 is 1.24 bits per heavy atom. The zero-order valence-electron chi connectivity index (χ0n) is 9.61. The van der Waals surface area contributed by atoms with Crippen molar-refractivity contribution in [2.45, 2.75) is 37.3 Å². The Labute approximate surface area is 99.3 Å². The van der Waals surface area contributed by atoms with E-state index in [1.807, 2.05) is 0 Å². The molecule has 1 aliphatic heterocycles. The maximum absolute atomic E-state index is 11.9. The number of hydrogen-bond acceptors (Lipinski definition) is 4. The van der Waals surface area contributed by atoms with E-state index in [2.05, 4.69) is 5.32 Å². The standard InChI is InChI=1S/C11H17NO5/c13-9(8-7-16-5-6-17-8)12-11(10(14)15)3-1-2-4-11/h8H,1-7H2,(H,12,13)(H,14,15)/t8-/m1/s1. The van der Waals surface area contributed by atoms with Crippen LogP contribution in [0.5, 0.6) is 0 Å². The van der Waals surface area contributed by atoms with Crippen LogP contribution in [-0.2, 0) is 19.1 Å². The topological polar surface area (TPSA) is 84.9 Å². The molecule has 1 aliphatic carbocycles. The number of nitrogens with one attached hydrogen (secondary N) is 1. The van der Waals surface area contributed by atoms with Gasteiger partial charge in [-0.15, -0.1) is 0 Å². The number of carbonyl (C=O) groups excluding carboxylic acids is 1. The highest BCUT2D eigenvalue weighted by Gasteiger charge is 2.43. The zero-order valence-corrected chi connectivity index (χ0v) is 9.61. The fourth-order valence-corrected chi connectivity index (χ4v) is 2.33. The van der Waals surface area contributed by atoms with Crippen LogP contribution in [0.1, 0.15) is 25.7 Å². The molecule has 6 heteroatoms. The van der Waals surface area contributed by atoms with E-state index >= 15 is 0 Å². The fourth-order valence-electron chi connectivity index (χ4n) is 2.33. The summed E-state index contributed by atoms with van der Waals surface area (Å²) >= 11 is 0. The van der Waals surface area contributed by atoms with Crippen LogP contribution in [0.15, 0.2) is 0 Å². The van der Waals surface area contributed by atoms with E-state index in [-0.39, 0.29) is 12.5 Å². The van der Waals surface area contributed by atoms with E-state index in [4.69, 9.17) is 9.47 Å². The predicted octanol–water partition coefficient (Wildman–Crippen LogP) is -0.0846. The summed E-state index contributed by atoms with van der Waals surface area (Å²) < 4.78 is 10.4. The van der Waals surface area contributed by atoms with E-state index in [1.54, 1.807) is 0 Å². The third-order valence-corrected chi connectivity index (χ3v) is 3.34. The van der Waals surface area contributed by atoms with E-state index in [0.29, 0.717) is 26.1 Å². The summed E-state index contributed by atoms with van der Waals surface area (Å²) in [5, 5.41) is 11.8. The number of carbonyl (C=O) groups is 2. The Morgan fingerprint density at radius 2 is 1.94 bits per heavy atom. The molecule has 1 saturated carbocycles. The molecule has 96 valence electrons. The molecule has 6 nitrogen and oxygen atoms in total. The molecule has 0 bridgehead atoms. The van der Waals surface area contributed by atoms with Crippen LogP contribution in [0.25, 0.3) is 0 Å². The quantitative estimate of drug-likeness (QED) is 0.724. The van der Waals surface area contributed by atoms with Gasteiger partial charge >= 0.3 is 5.97 Å². The summed E-state index contributed by atoms with van der Waals surface area (Å²) in [5.74, 6) is -1.34. The Balaban J connectivity index is 1.98. The van der Waals surface area contributed by atoms with E-state index < -0.39 is 17.6 Å². The van der Waals surface area contributed by atoms with Gasteiger partial charge < -0.3 is 19.9 Å².